The summed E-state index contributed by atoms with van der Waals surface area (Å²) < 4.78 is 14.0. The number of hydrogen-bond acceptors (Lipinski definition) is 3. The highest BCUT2D eigenvalue weighted by molar-refractivity contribution is 5.83. The Kier molecular flexibility index (Phi) is 2.63. The fourth-order valence-corrected chi connectivity index (χ4v) is 1.32. The Bertz CT molecular complexity index is 507. The number of carboxylic acid groups (broad SMARTS) is 1. The van der Waals surface area contributed by atoms with Crippen molar-refractivity contribution < 1.29 is 14.3 Å². The van der Waals surface area contributed by atoms with Crippen LogP contribution in [-0.4, -0.2) is 25.8 Å². The van der Waals surface area contributed by atoms with E-state index >= 15 is 0 Å². The summed E-state index contributed by atoms with van der Waals surface area (Å²) in [5.41, 5.74) is 0.781. The maximum Gasteiger partial charge on any atom is 0.374 e. The van der Waals surface area contributed by atoms with Crippen molar-refractivity contribution in [2.75, 3.05) is 0 Å². The summed E-state index contributed by atoms with van der Waals surface area (Å²) in [7, 11) is 0. The van der Waals surface area contributed by atoms with Crippen molar-refractivity contribution >= 4 is 5.97 Å². The Morgan fingerprint density at radius 3 is 2.69 bits per heavy atom. The first-order valence-corrected chi connectivity index (χ1v) is 4.52. The van der Waals surface area contributed by atoms with E-state index in [1.54, 1.807) is 12.1 Å². The van der Waals surface area contributed by atoms with Gasteiger partial charge in [-0.15, -0.1) is 10.2 Å². The summed E-state index contributed by atoms with van der Waals surface area (Å²) >= 11 is 0. The van der Waals surface area contributed by atoms with Crippen LogP contribution < -0.4 is 0 Å². The zero-order valence-corrected chi connectivity index (χ0v) is 8.17. The van der Waals surface area contributed by atoms with E-state index < -0.39 is 5.97 Å². The van der Waals surface area contributed by atoms with Gasteiger partial charge in [-0.25, -0.2) is 9.18 Å². The Hall–Kier alpha value is -2.24. The quantitative estimate of drug-likeness (QED) is 0.844. The molecule has 0 atom stereocenters. The van der Waals surface area contributed by atoms with Gasteiger partial charge in [0.1, 0.15) is 12.1 Å². The monoisotopic (exact) mass is 221 g/mol. The highest BCUT2D eigenvalue weighted by Gasteiger charge is 2.11. The zero-order chi connectivity index (χ0) is 11.5. The number of aromatic carboxylic acids is 1. The van der Waals surface area contributed by atoms with Crippen molar-refractivity contribution in [2.45, 2.75) is 6.54 Å². The summed E-state index contributed by atoms with van der Waals surface area (Å²) in [5.74, 6) is -1.60. The maximum atomic E-state index is 12.6. The van der Waals surface area contributed by atoms with Crippen molar-refractivity contribution in [1.29, 1.82) is 0 Å². The molecule has 0 aliphatic carbocycles. The van der Waals surface area contributed by atoms with E-state index in [1.807, 2.05) is 0 Å². The molecule has 5 nitrogen and oxygen atoms in total. The van der Waals surface area contributed by atoms with Gasteiger partial charge in [-0.1, -0.05) is 12.1 Å². The fourth-order valence-electron chi connectivity index (χ4n) is 1.32. The Labute approximate surface area is 90.2 Å². The summed E-state index contributed by atoms with van der Waals surface area (Å²) in [6, 6.07) is 5.81. The molecule has 1 heterocycles. The molecule has 6 heteroatoms. The third-order valence-corrected chi connectivity index (χ3v) is 2.07. The molecule has 1 N–H and O–H groups in total. The topological polar surface area (TPSA) is 68.0 Å². The first-order valence-electron chi connectivity index (χ1n) is 4.52. The molecule has 0 fully saturated rings. The van der Waals surface area contributed by atoms with E-state index in [2.05, 4.69) is 10.2 Å². The molecule has 0 saturated heterocycles. The van der Waals surface area contributed by atoms with Crippen molar-refractivity contribution in [2.24, 2.45) is 0 Å². The normalized spacial score (nSPS) is 10.3. The molecule has 1 aromatic carbocycles. The van der Waals surface area contributed by atoms with Crippen LogP contribution in [0.1, 0.15) is 16.2 Å². The van der Waals surface area contributed by atoms with E-state index in [4.69, 9.17) is 5.11 Å². The van der Waals surface area contributed by atoms with Gasteiger partial charge in [0.2, 0.25) is 5.82 Å². The molecular weight excluding hydrogens is 213 g/mol. The Morgan fingerprint density at radius 2 is 2.06 bits per heavy atom. The van der Waals surface area contributed by atoms with Gasteiger partial charge in [0.15, 0.2) is 0 Å². The SMILES string of the molecule is O=C(O)c1nncn1Cc1ccc(F)cc1. The predicted molar refractivity (Wildman–Crippen MR) is 52.5 cm³/mol. The van der Waals surface area contributed by atoms with E-state index in [0.717, 1.165) is 5.56 Å². The number of hydrogen-bond donors (Lipinski definition) is 1. The highest BCUT2D eigenvalue weighted by Crippen LogP contribution is 2.06. The summed E-state index contributed by atoms with van der Waals surface area (Å²) in [6.07, 6.45) is 1.33. The number of halogens is 1. The minimum absolute atomic E-state index is 0.135. The van der Waals surface area contributed by atoms with Crippen LogP contribution in [-0.2, 0) is 6.54 Å². The van der Waals surface area contributed by atoms with Gasteiger partial charge >= 0.3 is 5.97 Å². The molecule has 1 aromatic heterocycles. The second kappa shape index (κ2) is 4.09. The molecule has 0 bridgehead atoms. The first-order chi connectivity index (χ1) is 7.66. The molecule has 0 unspecified atom stereocenters. The van der Waals surface area contributed by atoms with Crippen molar-refractivity contribution in [3.63, 3.8) is 0 Å². The number of rotatable bonds is 3. The number of carboxylic acids is 1. The maximum absolute atomic E-state index is 12.6. The Balaban J connectivity index is 2.23. The molecule has 2 rings (SSSR count). The van der Waals surface area contributed by atoms with Crippen LogP contribution >= 0.6 is 0 Å². The molecule has 0 aliphatic rings. The fraction of sp³-hybridized carbons (Fsp3) is 0.100. The third-order valence-electron chi connectivity index (χ3n) is 2.07. The molecule has 0 saturated carbocycles. The van der Waals surface area contributed by atoms with Gasteiger partial charge < -0.3 is 9.67 Å². The van der Waals surface area contributed by atoms with E-state index in [9.17, 15) is 9.18 Å². The summed E-state index contributed by atoms with van der Waals surface area (Å²) in [6.45, 7) is 0.301. The van der Waals surface area contributed by atoms with E-state index in [0.29, 0.717) is 6.54 Å². The number of aromatic nitrogens is 3. The number of carbonyl (C=O) groups is 1. The van der Waals surface area contributed by atoms with Crippen molar-refractivity contribution in [1.82, 2.24) is 14.8 Å². The van der Waals surface area contributed by atoms with Crippen LogP contribution in [0.5, 0.6) is 0 Å². The molecule has 82 valence electrons. The van der Waals surface area contributed by atoms with Crippen LogP contribution in [0.4, 0.5) is 4.39 Å². The number of benzene rings is 1. The second-order valence-corrected chi connectivity index (χ2v) is 3.21. The van der Waals surface area contributed by atoms with Crippen LogP contribution in [0.3, 0.4) is 0 Å². The lowest BCUT2D eigenvalue weighted by molar-refractivity contribution is 0.0678. The number of nitrogens with zero attached hydrogens (tertiary/aromatic N) is 3. The van der Waals surface area contributed by atoms with Crippen LogP contribution in [0, 0.1) is 5.82 Å². The van der Waals surface area contributed by atoms with Crippen molar-refractivity contribution in [3.05, 3.63) is 47.8 Å². The van der Waals surface area contributed by atoms with Gasteiger partial charge in [0.05, 0.1) is 6.54 Å². The average molecular weight is 221 g/mol. The largest absolute Gasteiger partial charge is 0.475 e. The second-order valence-electron chi connectivity index (χ2n) is 3.21. The zero-order valence-electron chi connectivity index (χ0n) is 8.17. The highest BCUT2D eigenvalue weighted by atomic mass is 19.1. The molecule has 0 radical (unpaired) electrons. The summed E-state index contributed by atoms with van der Waals surface area (Å²) in [5, 5.41) is 15.8. The van der Waals surface area contributed by atoms with Crippen LogP contribution in [0.2, 0.25) is 0 Å². The average Bonchev–Trinajstić information content (AvgIpc) is 2.69. The summed E-state index contributed by atoms with van der Waals surface area (Å²) in [4.78, 5) is 10.7. The lowest BCUT2D eigenvalue weighted by Crippen LogP contribution is -2.10. The lowest BCUT2D eigenvalue weighted by Gasteiger charge is -2.03. The van der Waals surface area contributed by atoms with Gasteiger partial charge in [-0.05, 0) is 17.7 Å². The molecule has 0 amide bonds. The molecule has 0 spiro atoms. The van der Waals surface area contributed by atoms with Gasteiger partial charge in [0, 0.05) is 0 Å². The molecule has 0 aliphatic heterocycles. The third kappa shape index (κ3) is 2.05. The van der Waals surface area contributed by atoms with Gasteiger partial charge in [0.25, 0.3) is 0 Å². The van der Waals surface area contributed by atoms with E-state index in [1.165, 1.54) is 23.0 Å². The smallest absolute Gasteiger partial charge is 0.374 e. The van der Waals surface area contributed by atoms with Crippen LogP contribution in [0.15, 0.2) is 30.6 Å². The molecule has 16 heavy (non-hydrogen) atoms. The minimum atomic E-state index is -1.14. The Morgan fingerprint density at radius 1 is 1.38 bits per heavy atom. The predicted octanol–water partition coefficient (Wildman–Crippen LogP) is 1.16. The van der Waals surface area contributed by atoms with Crippen LogP contribution in [0.25, 0.3) is 0 Å². The minimum Gasteiger partial charge on any atom is -0.475 e. The molecule has 2 aromatic rings. The van der Waals surface area contributed by atoms with Gasteiger partial charge in [-0.3, -0.25) is 0 Å². The van der Waals surface area contributed by atoms with E-state index in [-0.39, 0.29) is 11.6 Å². The standard InChI is InChI=1S/C10H8FN3O2/c11-8-3-1-7(2-4-8)5-14-6-12-13-9(14)10(15)16/h1-4,6H,5H2,(H,15,16). The van der Waals surface area contributed by atoms with Crippen molar-refractivity contribution in [3.8, 4) is 0 Å². The lowest BCUT2D eigenvalue weighted by atomic mass is 10.2. The first kappa shape index (κ1) is 10.3. The molecular formula is C10H8FN3O2. The van der Waals surface area contributed by atoms with Gasteiger partial charge in [-0.2, -0.15) is 0 Å².